The Labute approximate surface area is 154 Å². The average Bonchev–Trinajstić information content (AvgIpc) is 3.03. The maximum absolute atomic E-state index is 13.0. The summed E-state index contributed by atoms with van der Waals surface area (Å²) in [5, 5.41) is 11.5. The maximum Gasteiger partial charge on any atom is 0.416 e. The fourth-order valence-electron chi connectivity index (χ4n) is 2.83. The Kier molecular flexibility index (Phi) is 7.03. The van der Waals surface area contributed by atoms with Crippen molar-refractivity contribution in [3.8, 4) is 5.75 Å². The summed E-state index contributed by atoms with van der Waals surface area (Å²) in [4.78, 5) is 24.9. The molecule has 0 aromatic heterocycles. The van der Waals surface area contributed by atoms with E-state index in [4.69, 9.17) is 14.6 Å². The van der Waals surface area contributed by atoms with Crippen molar-refractivity contribution >= 4 is 17.6 Å². The Morgan fingerprint density at radius 3 is 2.70 bits per heavy atom. The van der Waals surface area contributed by atoms with Crippen LogP contribution in [0.1, 0.15) is 18.4 Å². The normalized spacial score (nSPS) is 17.7. The largest absolute Gasteiger partial charge is 0.489 e. The van der Waals surface area contributed by atoms with Crippen LogP contribution in [0.5, 0.6) is 5.75 Å². The van der Waals surface area contributed by atoms with Gasteiger partial charge in [0.05, 0.1) is 24.4 Å². The predicted octanol–water partition coefficient (Wildman–Crippen LogP) is 2.22. The van der Waals surface area contributed by atoms with Gasteiger partial charge >= 0.3 is 12.1 Å². The van der Waals surface area contributed by atoms with Gasteiger partial charge in [-0.2, -0.15) is 13.2 Å². The number of nitrogens with zero attached hydrogens (tertiary/aromatic N) is 1. The summed E-state index contributed by atoms with van der Waals surface area (Å²) in [6.45, 7) is 0.523. The summed E-state index contributed by atoms with van der Waals surface area (Å²) < 4.78 is 49.1. The second kappa shape index (κ2) is 9.05. The molecule has 2 rings (SSSR count). The third kappa shape index (κ3) is 5.83. The minimum absolute atomic E-state index is 0.0737. The van der Waals surface area contributed by atoms with E-state index >= 15 is 0 Å². The highest BCUT2D eigenvalue weighted by molar-refractivity contribution is 5.94. The Bertz CT molecular complexity index is 681. The Hall–Kier alpha value is -2.33. The summed E-state index contributed by atoms with van der Waals surface area (Å²) in [5.74, 6) is -1.56. The van der Waals surface area contributed by atoms with Gasteiger partial charge in [-0.3, -0.25) is 14.5 Å². The van der Waals surface area contributed by atoms with Crippen molar-refractivity contribution in [1.29, 1.82) is 0 Å². The number of benzene rings is 1. The van der Waals surface area contributed by atoms with Gasteiger partial charge in [-0.1, -0.05) is 0 Å². The number of halogens is 3. The highest BCUT2D eigenvalue weighted by Gasteiger charge is 2.33. The van der Waals surface area contributed by atoms with Crippen LogP contribution in [-0.4, -0.2) is 61.3 Å². The van der Waals surface area contributed by atoms with Crippen molar-refractivity contribution < 1.29 is 37.3 Å². The molecule has 1 saturated heterocycles. The number of alkyl halides is 3. The molecule has 27 heavy (non-hydrogen) atoms. The number of likely N-dealkylation sites (tertiary alicyclic amines) is 1. The van der Waals surface area contributed by atoms with E-state index in [-0.39, 0.29) is 31.2 Å². The van der Waals surface area contributed by atoms with Gasteiger partial charge in [-0.25, -0.2) is 0 Å². The molecular formula is C17H21F3N2O5. The molecule has 1 atom stereocenters. The first-order valence-electron chi connectivity index (χ1n) is 8.32. The summed E-state index contributed by atoms with van der Waals surface area (Å²) in [7, 11) is 1.45. The van der Waals surface area contributed by atoms with E-state index < -0.39 is 29.7 Å². The summed E-state index contributed by atoms with van der Waals surface area (Å²) in [5.41, 5.74) is -1.06. The van der Waals surface area contributed by atoms with E-state index in [2.05, 4.69) is 5.32 Å². The van der Waals surface area contributed by atoms with Gasteiger partial charge in [-0.05, 0) is 37.6 Å². The Balaban J connectivity index is 2.13. The van der Waals surface area contributed by atoms with Crippen LogP contribution < -0.4 is 10.1 Å². The number of carboxylic acid groups (broad SMARTS) is 1. The van der Waals surface area contributed by atoms with Gasteiger partial charge in [0.1, 0.15) is 18.4 Å². The SMILES string of the molecule is COCCOc1ccc(C(F)(F)F)cc1NC(=O)CN1CCCC1C(=O)O. The monoisotopic (exact) mass is 390 g/mol. The van der Waals surface area contributed by atoms with Crippen molar-refractivity contribution in [2.75, 3.05) is 38.7 Å². The molecule has 0 bridgehead atoms. The molecular weight excluding hydrogens is 369 g/mol. The molecule has 1 aliphatic heterocycles. The van der Waals surface area contributed by atoms with E-state index in [9.17, 15) is 22.8 Å². The summed E-state index contributed by atoms with van der Waals surface area (Å²) >= 11 is 0. The zero-order valence-electron chi connectivity index (χ0n) is 14.7. The van der Waals surface area contributed by atoms with Crippen molar-refractivity contribution in [2.45, 2.75) is 25.1 Å². The number of nitrogens with one attached hydrogen (secondary N) is 1. The van der Waals surface area contributed by atoms with Crippen LogP contribution in [0.2, 0.25) is 0 Å². The van der Waals surface area contributed by atoms with Gasteiger partial charge in [0, 0.05) is 7.11 Å². The molecule has 10 heteroatoms. The lowest BCUT2D eigenvalue weighted by molar-refractivity contribution is -0.142. The van der Waals surface area contributed by atoms with Gasteiger partial charge < -0.3 is 19.9 Å². The van der Waals surface area contributed by atoms with Crippen molar-refractivity contribution in [1.82, 2.24) is 4.90 Å². The lowest BCUT2D eigenvalue weighted by Gasteiger charge is -2.21. The summed E-state index contributed by atoms with van der Waals surface area (Å²) in [6, 6.07) is 2.01. The second-order valence-corrected chi connectivity index (χ2v) is 6.06. The first-order chi connectivity index (χ1) is 12.7. The second-order valence-electron chi connectivity index (χ2n) is 6.06. The molecule has 150 valence electrons. The molecule has 1 heterocycles. The van der Waals surface area contributed by atoms with E-state index in [0.29, 0.717) is 19.4 Å². The molecule has 1 aromatic carbocycles. The van der Waals surface area contributed by atoms with Crippen LogP contribution in [0.3, 0.4) is 0 Å². The van der Waals surface area contributed by atoms with Crippen molar-refractivity contribution in [2.24, 2.45) is 0 Å². The minimum atomic E-state index is -4.58. The molecule has 0 saturated carbocycles. The third-order valence-corrected chi connectivity index (χ3v) is 4.12. The molecule has 1 aromatic rings. The number of carboxylic acids is 1. The first kappa shape index (κ1) is 21.0. The van der Waals surface area contributed by atoms with Gasteiger partial charge in [0.15, 0.2) is 0 Å². The number of anilines is 1. The summed E-state index contributed by atoms with van der Waals surface area (Å²) in [6.07, 6.45) is -3.51. The third-order valence-electron chi connectivity index (χ3n) is 4.12. The minimum Gasteiger partial charge on any atom is -0.489 e. The van der Waals surface area contributed by atoms with Crippen LogP contribution >= 0.6 is 0 Å². The highest BCUT2D eigenvalue weighted by Crippen LogP contribution is 2.35. The number of methoxy groups -OCH3 is 1. The molecule has 1 aliphatic rings. The first-order valence-corrected chi connectivity index (χ1v) is 8.32. The lowest BCUT2D eigenvalue weighted by atomic mass is 10.1. The average molecular weight is 390 g/mol. The zero-order valence-corrected chi connectivity index (χ0v) is 14.7. The number of carbonyl (C=O) groups excluding carboxylic acids is 1. The quantitative estimate of drug-likeness (QED) is 0.662. The molecule has 0 radical (unpaired) electrons. The van der Waals surface area contributed by atoms with E-state index in [1.807, 2.05) is 0 Å². The zero-order chi connectivity index (χ0) is 20.0. The topological polar surface area (TPSA) is 88.1 Å². The Morgan fingerprint density at radius 1 is 1.33 bits per heavy atom. The van der Waals surface area contributed by atoms with E-state index in [0.717, 1.165) is 18.2 Å². The Morgan fingerprint density at radius 2 is 2.07 bits per heavy atom. The number of hydrogen-bond acceptors (Lipinski definition) is 5. The standard InChI is InChI=1S/C17H21F3N2O5/c1-26-7-8-27-14-5-4-11(17(18,19)20)9-12(14)21-15(23)10-22-6-2-3-13(22)16(24)25/h4-5,9,13H,2-3,6-8,10H2,1H3,(H,21,23)(H,24,25). The number of aliphatic carboxylic acids is 1. The lowest BCUT2D eigenvalue weighted by Crippen LogP contribution is -2.41. The fourth-order valence-corrected chi connectivity index (χ4v) is 2.83. The van der Waals surface area contributed by atoms with E-state index in [1.54, 1.807) is 0 Å². The van der Waals surface area contributed by atoms with Crippen LogP contribution in [0.4, 0.5) is 18.9 Å². The number of rotatable bonds is 8. The van der Waals surface area contributed by atoms with Gasteiger partial charge in [-0.15, -0.1) is 0 Å². The maximum atomic E-state index is 13.0. The number of hydrogen-bond donors (Lipinski definition) is 2. The van der Waals surface area contributed by atoms with Gasteiger partial charge in [0.25, 0.3) is 0 Å². The number of amides is 1. The van der Waals surface area contributed by atoms with Crippen molar-refractivity contribution in [3.05, 3.63) is 23.8 Å². The molecule has 1 unspecified atom stereocenters. The van der Waals surface area contributed by atoms with Crippen molar-refractivity contribution in [3.63, 3.8) is 0 Å². The van der Waals surface area contributed by atoms with E-state index in [1.165, 1.54) is 12.0 Å². The smallest absolute Gasteiger partial charge is 0.416 e. The molecule has 2 N–H and O–H groups in total. The van der Waals surface area contributed by atoms with Crippen LogP contribution in [0, 0.1) is 0 Å². The molecule has 0 spiro atoms. The molecule has 1 amide bonds. The van der Waals surface area contributed by atoms with Gasteiger partial charge in [0.2, 0.25) is 5.91 Å². The van der Waals surface area contributed by atoms with Crippen LogP contribution in [0.25, 0.3) is 0 Å². The molecule has 1 fully saturated rings. The van der Waals surface area contributed by atoms with Crippen LogP contribution in [-0.2, 0) is 20.5 Å². The fraction of sp³-hybridized carbons (Fsp3) is 0.529. The molecule has 7 nitrogen and oxygen atoms in total. The number of ether oxygens (including phenoxy) is 2. The molecule has 0 aliphatic carbocycles. The predicted molar refractivity (Wildman–Crippen MR) is 89.7 cm³/mol. The number of carbonyl (C=O) groups is 2. The van der Waals surface area contributed by atoms with Crippen LogP contribution in [0.15, 0.2) is 18.2 Å². The highest BCUT2D eigenvalue weighted by atomic mass is 19.4.